The number of rotatable bonds is 3. The molecule has 0 bridgehead atoms. The Balaban J connectivity index is 2.29. The van der Waals surface area contributed by atoms with Gasteiger partial charge in [-0.3, -0.25) is 9.59 Å². The molecule has 1 amide bonds. The minimum atomic E-state index is -0.142. The number of benzene rings is 1. The summed E-state index contributed by atoms with van der Waals surface area (Å²) in [6.07, 6.45) is 0.283. The van der Waals surface area contributed by atoms with E-state index in [9.17, 15) is 9.59 Å². The van der Waals surface area contributed by atoms with Gasteiger partial charge in [0.05, 0.1) is 0 Å². The number of aromatic amines is 1. The van der Waals surface area contributed by atoms with Crippen molar-refractivity contribution in [3.8, 4) is 0 Å². The summed E-state index contributed by atoms with van der Waals surface area (Å²) in [6, 6.07) is 8.47. The zero-order valence-corrected chi connectivity index (χ0v) is 9.75. The summed E-state index contributed by atoms with van der Waals surface area (Å²) in [5.41, 5.74) is 1.30. The minimum absolute atomic E-state index is 0.122. The van der Waals surface area contributed by atoms with Gasteiger partial charge in [0.1, 0.15) is 0 Å². The number of hydrogen-bond acceptors (Lipinski definition) is 2. The first-order chi connectivity index (χ1) is 8.19. The lowest BCUT2D eigenvalue weighted by Crippen LogP contribution is -2.11. The van der Waals surface area contributed by atoms with Crippen LogP contribution in [-0.4, -0.2) is 16.8 Å². The maximum atomic E-state index is 11.3. The standard InChI is InChI=1S/C12H11ClN2O2/c13-6-5-12(17)14-9-2-3-10-8(7-9)1-4-11(16)15-10/h1-4,7H,5-6H2,(H,14,17)(H,15,16). The van der Waals surface area contributed by atoms with Crippen molar-refractivity contribution in [1.82, 2.24) is 4.98 Å². The van der Waals surface area contributed by atoms with E-state index in [4.69, 9.17) is 11.6 Å². The first kappa shape index (κ1) is 11.7. The predicted molar refractivity (Wildman–Crippen MR) is 68.5 cm³/mol. The molecule has 1 aromatic heterocycles. The van der Waals surface area contributed by atoms with Crippen LogP contribution in [0.5, 0.6) is 0 Å². The fourth-order valence-electron chi connectivity index (χ4n) is 1.54. The highest BCUT2D eigenvalue weighted by atomic mass is 35.5. The van der Waals surface area contributed by atoms with E-state index in [1.54, 1.807) is 24.3 Å². The van der Waals surface area contributed by atoms with Gasteiger partial charge in [-0.15, -0.1) is 11.6 Å². The molecule has 0 aliphatic rings. The molecule has 2 aromatic rings. The van der Waals surface area contributed by atoms with Crippen LogP contribution >= 0.6 is 11.6 Å². The zero-order chi connectivity index (χ0) is 12.3. The highest BCUT2D eigenvalue weighted by Gasteiger charge is 2.02. The van der Waals surface area contributed by atoms with Gasteiger partial charge in [-0.1, -0.05) is 0 Å². The van der Waals surface area contributed by atoms with Crippen LogP contribution in [0.25, 0.3) is 10.9 Å². The molecular weight excluding hydrogens is 240 g/mol. The fraction of sp³-hybridized carbons (Fsp3) is 0.167. The van der Waals surface area contributed by atoms with Crippen LogP contribution < -0.4 is 10.9 Å². The quantitative estimate of drug-likeness (QED) is 0.820. The Bertz CT molecular complexity index is 607. The van der Waals surface area contributed by atoms with Crippen molar-refractivity contribution in [2.45, 2.75) is 6.42 Å². The maximum Gasteiger partial charge on any atom is 0.248 e. The SMILES string of the molecule is O=C(CCCl)Nc1ccc2[nH]c(=O)ccc2c1. The van der Waals surface area contributed by atoms with Gasteiger partial charge in [0.25, 0.3) is 0 Å². The monoisotopic (exact) mass is 250 g/mol. The molecule has 2 N–H and O–H groups in total. The highest BCUT2D eigenvalue weighted by molar-refractivity contribution is 6.19. The van der Waals surface area contributed by atoms with Crippen molar-refractivity contribution in [3.63, 3.8) is 0 Å². The van der Waals surface area contributed by atoms with Gasteiger partial charge in [0.2, 0.25) is 11.5 Å². The summed E-state index contributed by atoms with van der Waals surface area (Å²) < 4.78 is 0. The number of fused-ring (bicyclic) bond motifs is 1. The topological polar surface area (TPSA) is 62.0 Å². The lowest BCUT2D eigenvalue weighted by Gasteiger charge is -2.05. The summed E-state index contributed by atoms with van der Waals surface area (Å²) in [7, 11) is 0. The number of alkyl halides is 1. The number of anilines is 1. The van der Waals surface area contributed by atoms with Crippen molar-refractivity contribution < 1.29 is 4.79 Å². The number of H-pyrrole nitrogens is 1. The zero-order valence-electron chi connectivity index (χ0n) is 9.00. The molecule has 5 heteroatoms. The molecular formula is C12H11ClN2O2. The van der Waals surface area contributed by atoms with Crippen LogP contribution in [0.15, 0.2) is 35.1 Å². The summed E-state index contributed by atoms with van der Waals surface area (Å²) in [5, 5.41) is 3.60. The molecule has 88 valence electrons. The number of carbonyl (C=O) groups excluding carboxylic acids is 1. The Labute approximate surface area is 103 Å². The first-order valence-electron chi connectivity index (χ1n) is 5.18. The molecule has 0 aliphatic heterocycles. The van der Waals surface area contributed by atoms with Gasteiger partial charge >= 0.3 is 0 Å². The van der Waals surface area contributed by atoms with Crippen LogP contribution in [0, 0.1) is 0 Å². The number of amides is 1. The van der Waals surface area contributed by atoms with E-state index in [0.29, 0.717) is 11.6 Å². The number of aromatic nitrogens is 1. The molecule has 0 spiro atoms. The largest absolute Gasteiger partial charge is 0.326 e. The van der Waals surface area contributed by atoms with Gasteiger partial charge in [0, 0.05) is 35.0 Å². The van der Waals surface area contributed by atoms with Crippen molar-refractivity contribution in [1.29, 1.82) is 0 Å². The molecule has 1 aromatic carbocycles. The molecule has 0 saturated carbocycles. The fourth-order valence-corrected chi connectivity index (χ4v) is 1.71. The molecule has 0 saturated heterocycles. The van der Waals surface area contributed by atoms with Gasteiger partial charge < -0.3 is 10.3 Å². The number of halogens is 1. The smallest absolute Gasteiger partial charge is 0.248 e. The number of pyridine rings is 1. The third-order valence-corrected chi connectivity index (χ3v) is 2.52. The maximum absolute atomic E-state index is 11.3. The average Bonchev–Trinajstić information content (AvgIpc) is 2.29. The third-order valence-electron chi connectivity index (χ3n) is 2.33. The van der Waals surface area contributed by atoms with E-state index >= 15 is 0 Å². The van der Waals surface area contributed by atoms with Crippen LogP contribution in [0.2, 0.25) is 0 Å². The molecule has 0 radical (unpaired) electrons. The number of nitrogens with one attached hydrogen (secondary N) is 2. The Morgan fingerprint density at radius 3 is 2.88 bits per heavy atom. The van der Waals surface area contributed by atoms with E-state index in [2.05, 4.69) is 10.3 Å². The number of carbonyl (C=O) groups is 1. The summed E-state index contributed by atoms with van der Waals surface area (Å²) in [4.78, 5) is 25.1. The van der Waals surface area contributed by atoms with Gasteiger partial charge in [-0.25, -0.2) is 0 Å². The lowest BCUT2D eigenvalue weighted by molar-refractivity contribution is -0.115. The normalized spacial score (nSPS) is 10.4. The molecule has 0 fully saturated rings. The van der Waals surface area contributed by atoms with Crippen molar-refractivity contribution in [2.75, 3.05) is 11.2 Å². The Morgan fingerprint density at radius 1 is 1.29 bits per heavy atom. The number of hydrogen-bond donors (Lipinski definition) is 2. The Kier molecular flexibility index (Phi) is 3.44. The average molecular weight is 251 g/mol. The van der Waals surface area contributed by atoms with Crippen LogP contribution in [0.3, 0.4) is 0 Å². The van der Waals surface area contributed by atoms with E-state index < -0.39 is 0 Å². The predicted octanol–water partition coefficient (Wildman–Crippen LogP) is 2.10. The highest BCUT2D eigenvalue weighted by Crippen LogP contribution is 2.16. The molecule has 0 unspecified atom stereocenters. The summed E-state index contributed by atoms with van der Waals surface area (Å²) >= 11 is 5.47. The second kappa shape index (κ2) is 5.01. The Hall–Kier alpha value is -1.81. The van der Waals surface area contributed by atoms with Crippen molar-refractivity contribution >= 4 is 34.1 Å². The van der Waals surface area contributed by atoms with Gasteiger partial charge in [-0.2, -0.15) is 0 Å². The van der Waals surface area contributed by atoms with E-state index in [0.717, 1.165) is 10.9 Å². The molecule has 4 nitrogen and oxygen atoms in total. The minimum Gasteiger partial charge on any atom is -0.326 e. The molecule has 17 heavy (non-hydrogen) atoms. The van der Waals surface area contributed by atoms with E-state index in [1.165, 1.54) is 6.07 Å². The second-order valence-corrected chi connectivity index (χ2v) is 3.99. The van der Waals surface area contributed by atoms with Gasteiger partial charge in [-0.05, 0) is 24.3 Å². The van der Waals surface area contributed by atoms with Crippen LogP contribution in [-0.2, 0) is 4.79 Å². The van der Waals surface area contributed by atoms with Crippen LogP contribution in [0.1, 0.15) is 6.42 Å². The summed E-state index contributed by atoms with van der Waals surface area (Å²) in [6.45, 7) is 0. The summed E-state index contributed by atoms with van der Waals surface area (Å²) in [5.74, 6) is 0.177. The lowest BCUT2D eigenvalue weighted by atomic mass is 10.2. The third kappa shape index (κ3) is 2.85. The van der Waals surface area contributed by atoms with Crippen molar-refractivity contribution in [2.24, 2.45) is 0 Å². The van der Waals surface area contributed by atoms with Crippen molar-refractivity contribution in [3.05, 3.63) is 40.7 Å². The van der Waals surface area contributed by atoms with E-state index in [-0.39, 0.29) is 17.9 Å². The van der Waals surface area contributed by atoms with Crippen LogP contribution in [0.4, 0.5) is 5.69 Å². The van der Waals surface area contributed by atoms with E-state index in [1.807, 2.05) is 0 Å². The Morgan fingerprint density at radius 2 is 2.12 bits per heavy atom. The first-order valence-corrected chi connectivity index (χ1v) is 5.71. The second-order valence-electron chi connectivity index (χ2n) is 3.61. The molecule has 1 heterocycles. The molecule has 0 atom stereocenters. The molecule has 0 aliphatic carbocycles. The van der Waals surface area contributed by atoms with Gasteiger partial charge in [0.15, 0.2) is 0 Å². The molecule has 2 rings (SSSR count).